The van der Waals surface area contributed by atoms with Crippen LogP contribution in [0.25, 0.3) is 0 Å². The summed E-state index contributed by atoms with van der Waals surface area (Å²) >= 11 is 0. The molecule has 0 bridgehead atoms. The molecule has 0 spiro atoms. The number of esters is 1. The van der Waals surface area contributed by atoms with Crippen LogP contribution in [0.15, 0.2) is 18.2 Å². The van der Waals surface area contributed by atoms with Gasteiger partial charge in [0, 0.05) is 13.1 Å². The summed E-state index contributed by atoms with van der Waals surface area (Å²) in [5.41, 5.74) is 0.808. The number of hydrogen-bond donors (Lipinski definition) is 1. The predicted octanol–water partition coefficient (Wildman–Crippen LogP) is 1.72. The van der Waals surface area contributed by atoms with Crippen molar-refractivity contribution in [3.8, 4) is 11.5 Å². The summed E-state index contributed by atoms with van der Waals surface area (Å²) < 4.78 is 15.4. The van der Waals surface area contributed by atoms with Crippen LogP contribution < -0.4 is 9.47 Å². The first-order valence-corrected chi connectivity index (χ1v) is 7.52. The van der Waals surface area contributed by atoms with Crippen LogP contribution in [0.4, 0.5) is 0 Å². The zero-order valence-corrected chi connectivity index (χ0v) is 13.1. The molecule has 0 saturated carbocycles. The summed E-state index contributed by atoms with van der Waals surface area (Å²) in [6, 6.07) is 5.47. The normalized spacial score (nSPS) is 14.2. The van der Waals surface area contributed by atoms with Gasteiger partial charge >= 0.3 is 5.97 Å². The first-order chi connectivity index (χ1) is 10.6. The highest BCUT2D eigenvalue weighted by Gasteiger charge is 2.17. The topological polar surface area (TPSA) is 68.2 Å². The molecule has 0 saturated heterocycles. The fourth-order valence-corrected chi connectivity index (χ4v) is 2.26. The van der Waals surface area contributed by atoms with Gasteiger partial charge in [-0.1, -0.05) is 6.07 Å². The number of aliphatic hydroxyl groups is 1. The van der Waals surface area contributed by atoms with Crippen molar-refractivity contribution in [2.24, 2.45) is 0 Å². The Hall–Kier alpha value is -1.79. The van der Waals surface area contributed by atoms with Gasteiger partial charge in [-0.15, -0.1) is 0 Å². The van der Waals surface area contributed by atoms with E-state index in [0.717, 1.165) is 5.56 Å². The standard InChI is InChI=1S/C16H23NO5/c1-3-20-16(19)7-9-17(2)8-6-13(18)12-4-5-14-15(10-12)22-11-21-14/h4-5,10,13,18H,3,6-9,11H2,1-2H3. The van der Waals surface area contributed by atoms with Crippen molar-refractivity contribution in [3.63, 3.8) is 0 Å². The summed E-state index contributed by atoms with van der Waals surface area (Å²) in [6.45, 7) is 3.74. The molecular formula is C16H23NO5. The molecule has 122 valence electrons. The average molecular weight is 309 g/mol. The molecule has 6 nitrogen and oxygen atoms in total. The lowest BCUT2D eigenvalue weighted by molar-refractivity contribution is -0.143. The molecule has 0 aliphatic carbocycles. The fourth-order valence-electron chi connectivity index (χ4n) is 2.26. The molecule has 1 atom stereocenters. The Balaban J connectivity index is 1.75. The number of carbonyl (C=O) groups excluding carboxylic acids is 1. The summed E-state index contributed by atoms with van der Waals surface area (Å²) in [5.74, 6) is 1.19. The highest BCUT2D eigenvalue weighted by molar-refractivity contribution is 5.69. The number of nitrogens with zero attached hydrogens (tertiary/aromatic N) is 1. The second kappa shape index (κ2) is 8.00. The Kier molecular flexibility index (Phi) is 6.03. The fraction of sp³-hybridized carbons (Fsp3) is 0.562. The van der Waals surface area contributed by atoms with Crippen LogP contribution in [0.3, 0.4) is 0 Å². The molecule has 1 aliphatic rings. The van der Waals surface area contributed by atoms with Crippen molar-refractivity contribution < 1.29 is 24.1 Å². The lowest BCUT2D eigenvalue weighted by Gasteiger charge is -2.18. The first-order valence-electron chi connectivity index (χ1n) is 7.52. The van der Waals surface area contributed by atoms with Gasteiger partial charge < -0.3 is 24.2 Å². The molecule has 1 aliphatic heterocycles. The van der Waals surface area contributed by atoms with Gasteiger partial charge in [-0.3, -0.25) is 4.79 Å². The summed E-state index contributed by atoms with van der Waals surface area (Å²) in [5, 5.41) is 10.2. The molecule has 0 amide bonds. The van der Waals surface area contributed by atoms with E-state index < -0.39 is 6.10 Å². The minimum Gasteiger partial charge on any atom is -0.466 e. The van der Waals surface area contributed by atoms with Gasteiger partial charge in [0.2, 0.25) is 6.79 Å². The number of aliphatic hydroxyl groups excluding tert-OH is 1. The van der Waals surface area contributed by atoms with Crippen LogP contribution in [-0.2, 0) is 9.53 Å². The molecular weight excluding hydrogens is 286 g/mol. The maximum atomic E-state index is 11.3. The Labute approximate surface area is 130 Å². The number of carbonyl (C=O) groups is 1. The van der Waals surface area contributed by atoms with E-state index in [1.54, 1.807) is 6.92 Å². The van der Waals surface area contributed by atoms with Gasteiger partial charge in [-0.25, -0.2) is 0 Å². The molecule has 22 heavy (non-hydrogen) atoms. The zero-order valence-electron chi connectivity index (χ0n) is 13.1. The summed E-state index contributed by atoms with van der Waals surface area (Å²) in [6.07, 6.45) is 0.378. The van der Waals surface area contributed by atoms with Crippen molar-refractivity contribution in [3.05, 3.63) is 23.8 Å². The number of hydrogen-bond acceptors (Lipinski definition) is 6. The molecule has 1 N–H and O–H groups in total. The van der Waals surface area contributed by atoms with E-state index in [4.69, 9.17) is 14.2 Å². The first kappa shape index (κ1) is 16.6. The van der Waals surface area contributed by atoms with Gasteiger partial charge in [0.15, 0.2) is 11.5 Å². The molecule has 1 heterocycles. The Morgan fingerprint density at radius 3 is 2.91 bits per heavy atom. The quantitative estimate of drug-likeness (QED) is 0.738. The third-order valence-electron chi connectivity index (χ3n) is 3.57. The smallest absolute Gasteiger partial charge is 0.307 e. The number of ether oxygens (including phenoxy) is 3. The zero-order chi connectivity index (χ0) is 15.9. The number of benzene rings is 1. The third kappa shape index (κ3) is 4.61. The highest BCUT2D eigenvalue weighted by atomic mass is 16.7. The van der Waals surface area contributed by atoms with Crippen molar-refractivity contribution in [2.45, 2.75) is 25.9 Å². The Morgan fingerprint density at radius 2 is 2.14 bits per heavy atom. The molecule has 0 fully saturated rings. The van der Waals surface area contributed by atoms with Gasteiger partial charge in [0.1, 0.15) is 0 Å². The molecule has 2 rings (SSSR count). The number of fused-ring (bicyclic) bond motifs is 1. The molecule has 1 aromatic rings. The van der Waals surface area contributed by atoms with E-state index in [2.05, 4.69) is 0 Å². The van der Waals surface area contributed by atoms with E-state index in [0.29, 0.717) is 44.0 Å². The molecule has 0 radical (unpaired) electrons. The monoisotopic (exact) mass is 309 g/mol. The maximum Gasteiger partial charge on any atom is 0.307 e. The van der Waals surface area contributed by atoms with E-state index >= 15 is 0 Å². The lowest BCUT2D eigenvalue weighted by atomic mass is 10.1. The highest BCUT2D eigenvalue weighted by Crippen LogP contribution is 2.34. The van der Waals surface area contributed by atoms with Gasteiger partial charge in [0.25, 0.3) is 0 Å². The summed E-state index contributed by atoms with van der Waals surface area (Å²) in [4.78, 5) is 13.3. The minimum atomic E-state index is -0.570. The number of rotatable bonds is 8. The molecule has 6 heteroatoms. The van der Waals surface area contributed by atoms with E-state index in [1.807, 2.05) is 30.1 Å². The van der Waals surface area contributed by atoms with Gasteiger partial charge in [0.05, 0.1) is 19.1 Å². The van der Waals surface area contributed by atoms with Crippen LogP contribution >= 0.6 is 0 Å². The van der Waals surface area contributed by atoms with Crippen LogP contribution in [0, 0.1) is 0 Å². The van der Waals surface area contributed by atoms with E-state index in [1.165, 1.54) is 0 Å². The molecule has 1 aromatic carbocycles. The Bertz CT molecular complexity index is 505. The SMILES string of the molecule is CCOC(=O)CCN(C)CCC(O)c1ccc2c(c1)OCO2. The maximum absolute atomic E-state index is 11.3. The van der Waals surface area contributed by atoms with Crippen LogP contribution in [-0.4, -0.2) is 49.5 Å². The van der Waals surface area contributed by atoms with Crippen LogP contribution in [0.2, 0.25) is 0 Å². The van der Waals surface area contributed by atoms with Crippen LogP contribution in [0.5, 0.6) is 11.5 Å². The van der Waals surface area contributed by atoms with Crippen molar-refractivity contribution >= 4 is 5.97 Å². The van der Waals surface area contributed by atoms with Crippen LogP contribution in [0.1, 0.15) is 31.4 Å². The Morgan fingerprint density at radius 1 is 1.36 bits per heavy atom. The predicted molar refractivity (Wildman–Crippen MR) is 80.9 cm³/mol. The van der Waals surface area contributed by atoms with Gasteiger partial charge in [-0.2, -0.15) is 0 Å². The molecule has 1 unspecified atom stereocenters. The summed E-state index contributed by atoms with van der Waals surface area (Å²) in [7, 11) is 1.92. The average Bonchev–Trinajstić information content (AvgIpc) is 2.98. The second-order valence-electron chi connectivity index (χ2n) is 5.28. The third-order valence-corrected chi connectivity index (χ3v) is 3.57. The van der Waals surface area contributed by atoms with Crippen molar-refractivity contribution in [1.29, 1.82) is 0 Å². The van der Waals surface area contributed by atoms with Crippen molar-refractivity contribution in [2.75, 3.05) is 33.5 Å². The second-order valence-corrected chi connectivity index (χ2v) is 5.28. The van der Waals surface area contributed by atoms with E-state index in [9.17, 15) is 9.90 Å². The minimum absolute atomic E-state index is 0.189. The molecule has 0 aromatic heterocycles. The van der Waals surface area contributed by atoms with Crippen molar-refractivity contribution in [1.82, 2.24) is 4.90 Å². The van der Waals surface area contributed by atoms with Gasteiger partial charge in [-0.05, 0) is 38.1 Å². The largest absolute Gasteiger partial charge is 0.466 e. The van der Waals surface area contributed by atoms with E-state index in [-0.39, 0.29) is 12.8 Å². The lowest BCUT2D eigenvalue weighted by Crippen LogP contribution is -2.25.